The fraction of sp³-hybridized carbons (Fsp3) is 0.500. The first-order valence-corrected chi connectivity index (χ1v) is 5.65. The smallest absolute Gasteiger partial charge is 0.0389 e. The highest BCUT2D eigenvalue weighted by molar-refractivity contribution is 5.72. The van der Waals surface area contributed by atoms with Gasteiger partial charge in [0.15, 0.2) is 0 Å². The van der Waals surface area contributed by atoms with E-state index in [0.717, 1.165) is 6.54 Å². The summed E-state index contributed by atoms with van der Waals surface area (Å²) in [6.07, 6.45) is 12.6. The lowest BCUT2D eigenvalue weighted by atomic mass is 10.2. The van der Waals surface area contributed by atoms with E-state index < -0.39 is 0 Å². The summed E-state index contributed by atoms with van der Waals surface area (Å²) in [5.41, 5.74) is 2.54. The number of hydrogen-bond acceptors (Lipinski definition) is 1. The summed E-state index contributed by atoms with van der Waals surface area (Å²) in [6, 6.07) is 0. The first-order chi connectivity index (χ1) is 7.16. The van der Waals surface area contributed by atoms with Crippen molar-refractivity contribution in [2.45, 2.75) is 40.5 Å². The monoisotopic (exact) mass is 205 g/mol. The van der Waals surface area contributed by atoms with Gasteiger partial charge >= 0.3 is 0 Å². The van der Waals surface area contributed by atoms with Gasteiger partial charge in [0.25, 0.3) is 0 Å². The average molecular weight is 205 g/mol. The minimum absolute atomic E-state index is 0.942. The molecule has 0 rings (SSSR count). The molecule has 0 spiro atoms. The number of nitrogens with zero attached hydrogens (tertiary/aromatic N) is 1. The highest BCUT2D eigenvalue weighted by Crippen LogP contribution is 1.96. The molecule has 0 atom stereocenters. The second-order valence-electron chi connectivity index (χ2n) is 3.92. The molecule has 0 amide bonds. The van der Waals surface area contributed by atoms with Gasteiger partial charge in [-0.25, -0.2) is 0 Å². The number of aliphatic imine (C=N–C) groups is 1. The highest BCUT2D eigenvalue weighted by atomic mass is 14.7. The summed E-state index contributed by atoms with van der Waals surface area (Å²) >= 11 is 0. The normalized spacial score (nSPS) is 12.7. The molecule has 0 radical (unpaired) electrons. The van der Waals surface area contributed by atoms with Crippen LogP contribution in [0, 0.1) is 0 Å². The molecular formula is C14H23N. The molecule has 0 aromatic carbocycles. The molecule has 0 aromatic heterocycles. The Kier molecular flexibility index (Phi) is 8.75. The van der Waals surface area contributed by atoms with E-state index in [2.05, 4.69) is 50.9 Å². The zero-order valence-corrected chi connectivity index (χ0v) is 10.5. The van der Waals surface area contributed by atoms with Gasteiger partial charge in [-0.3, -0.25) is 4.99 Å². The summed E-state index contributed by atoms with van der Waals surface area (Å²) < 4.78 is 0. The largest absolute Gasteiger partial charge is 0.293 e. The van der Waals surface area contributed by atoms with Crippen molar-refractivity contribution in [1.82, 2.24) is 0 Å². The Morgan fingerprint density at radius 2 is 1.87 bits per heavy atom. The predicted octanol–water partition coefficient (Wildman–Crippen LogP) is 4.33. The zero-order chi connectivity index (χ0) is 11.5. The standard InChI is InChI=1S/C14H23N/c1-5-6-11-15-12-10-14(4)9-7-8-13(2)3/h7-10,12H,5-6,11H2,1-4H3/b9-7+,14-10+,15-12+. The molecule has 0 heterocycles. The van der Waals surface area contributed by atoms with Crippen molar-refractivity contribution in [3.63, 3.8) is 0 Å². The molecule has 0 aromatic rings. The van der Waals surface area contributed by atoms with Gasteiger partial charge in [-0.15, -0.1) is 0 Å². The summed E-state index contributed by atoms with van der Waals surface area (Å²) in [7, 11) is 0. The van der Waals surface area contributed by atoms with Crippen molar-refractivity contribution >= 4 is 6.21 Å². The third kappa shape index (κ3) is 10.8. The lowest BCUT2D eigenvalue weighted by Gasteiger charge is -1.89. The number of rotatable bonds is 6. The van der Waals surface area contributed by atoms with Crippen LogP contribution in [0.2, 0.25) is 0 Å². The fourth-order valence-corrected chi connectivity index (χ4v) is 0.942. The summed E-state index contributed by atoms with van der Waals surface area (Å²) in [6.45, 7) is 9.39. The molecule has 1 heteroatoms. The van der Waals surface area contributed by atoms with Crippen LogP contribution < -0.4 is 0 Å². The van der Waals surface area contributed by atoms with E-state index in [4.69, 9.17) is 0 Å². The van der Waals surface area contributed by atoms with Gasteiger partial charge in [-0.2, -0.15) is 0 Å². The second kappa shape index (κ2) is 9.45. The van der Waals surface area contributed by atoms with Gasteiger partial charge in [-0.05, 0) is 38.8 Å². The Bertz CT molecular complexity index is 263. The van der Waals surface area contributed by atoms with Crippen molar-refractivity contribution in [1.29, 1.82) is 0 Å². The maximum absolute atomic E-state index is 4.29. The molecule has 15 heavy (non-hydrogen) atoms. The summed E-state index contributed by atoms with van der Waals surface area (Å²) in [5.74, 6) is 0. The van der Waals surface area contributed by atoms with Crippen LogP contribution in [0.25, 0.3) is 0 Å². The Morgan fingerprint density at radius 3 is 2.47 bits per heavy atom. The quantitative estimate of drug-likeness (QED) is 0.348. The molecule has 84 valence electrons. The van der Waals surface area contributed by atoms with Crippen molar-refractivity contribution in [3.05, 3.63) is 35.5 Å². The molecule has 0 bridgehead atoms. The SMILES string of the molecule is CCCC/N=C/C=C(C)/C=C/C=C(C)C. The van der Waals surface area contributed by atoms with Gasteiger partial charge in [0.2, 0.25) is 0 Å². The molecule has 0 aliphatic carbocycles. The van der Waals surface area contributed by atoms with Crippen LogP contribution in [0.1, 0.15) is 40.5 Å². The van der Waals surface area contributed by atoms with Crippen LogP contribution in [-0.2, 0) is 0 Å². The molecule has 0 saturated carbocycles. The Morgan fingerprint density at radius 1 is 1.13 bits per heavy atom. The molecular weight excluding hydrogens is 182 g/mol. The van der Waals surface area contributed by atoms with Crippen LogP contribution >= 0.6 is 0 Å². The molecule has 0 saturated heterocycles. The fourth-order valence-electron chi connectivity index (χ4n) is 0.942. The maximum Gasteiger partial charge on any atom is 0.0389 e. The topological polar surface area (TPSA) is 12.4 Å². The van der Waals surface area contributed by atoms with Crippen LogP contribution in [0.3, 0.4) is 0 Å². The van der Waals surface area contributed by atoms with E-state index in [1.54, 1.807) is 0 Å². The number of allylic oxidation sites excluding steroid dienone is 6. The van der Waals surface area contributed by atoms with E-state index in [1.165, 1.54) is 24.0 Å². The van der Waals surface area contributed by atoms with E-state index in [0.29, 0.717) is 0 Å². The van der Waals surface area contributed by atoms with Crippen molar-refractivity contribution in [3.8, 4) is 0 Å². The van der Waals surface area contributed by atoms with Crippen LogP contribution in [0.5, 0.6) is 0 Å². The molecule has 1 nitrogen and oxygen atoms in total. The lowest BCUT2D eigenvalue weighted by Crippen LogP contribution is -1.79. The van der Waals surface area contributed by atoms with Crippen LogP contribution in [0.4, 0.5) is 0 Å². The molecule has 0 N–H and O–H groups in total. The van der Waals surface area contributed by atoms with E-state index in [1.807, 2.05) is 12.3 Å². The van der Waals surface area contributed by atoms with E-state index >= 15 is 0 Å². The highest BCUT2D eigenvalue weighted by Gasteiger charge is 1.79. The molecule has 0 aliphatic rings. The molecule has 0 aliphatic heterocycles. The third-order valence-electron chi connectivity index (χ3n) is 1.87. The van der Waals surface area contributed by atoms with E-state index in [-0.39, 0.29) is 0 Å². The van der Waals surface area contributed by atoms with Gasteiger partial charge in [0.1, 0.15) is 0 Å². The minimum Gasteiger partial charge on any atom is -0.293 e. The van der Waals surface area contributed by atoms with E-state index in [9.17, 15) is 0 Å². The first kappa shape index (κ1) is 13.9. The summed E-state index contributed by atoms with van der Waals surface area (Å²) in [4.78, 5) is 4.29. The molecule has 0 unspecified atom stereocenters. The van der Waals surface area contributed by atoms with Crippen LogP contribution in [-0.4, -0.2) is 12.8 Å². The zero-order valence-electron chi connectivity index (χ0n) is 10.5. The first-order valence-electron chi connectivity index (χ1n) is 5.65. The summed E-state index contributed by atoms with van der Waals surface area (Å²) in [5, 5.41) is 0. The number of hydrogen-bond donors (Lipinski definition) is 0. The Balaban J connectivity index is 3.93. The van der Waals surface area contributed by atoms with Crippen molar-refractivity contribution in [2.24, 2.45) is 4.99 Å². The lowest BCUT2D eigenvalue weighted by molar-refractivity contribution is 0.810. The third-order valence-corrected chi connectivity index (χ3v) is 1.87. The number of unbranched alkanes of at least 4 members (excludes halogenated alkanes) is 1. The van der Waals surface area contributed by atoms with Crippen LogP contribution in [0.15, 0.2) is 40.4 Å². The van der Waals surface area contributed by atoms with Crippen molar-refractivity contribution < 1.29 is 0 Å². The predicted molar refractivity (Wildman–Crippen MR) is 70.6 cm³/mol. The van der Waals surface area contributed by atoms with Gasteiger partial charge in [0.05, 0.1) is 0 Å². The maximum atomic E-state index is 4.29. The molecule has 0 fully saturated rings. The van der Waals surface area contributed by atoms with Gasteiger partial charge < -0.3 is 0 Å². The minimum atomic E-state index is 0.942. The Labute approximate surface area is 94.3 Å². The van der Waals surface area contributed by atoms with Crippen molar-refractivity contribution in [2.75, 3.05) is 6.54 Å². The van der Waals surface area contributed by atoms with Gasteiger partial charge in [-0.1, -0.05) is 37.1 Å². The average Bonchev–Trinajstić information content (AvgIpc) is 2.17. The second-order valence-corrected chi connectivity index (χ2v) is 3.92. The van der Waals surface area contributed by atoms with Gasteiger partial charge in [0, 0.05) is 12.8 Å². The Hall–Kier alpha value is -1.11.